The summed E-state index contributed by atoms with van der Waals surface area (Å²) >= 11 is 0. The Morgan fingerprint density at radius 2 is 2.00 bits per heavy atom. The van der Waals surface area contributed by atoms with E-state index in [0.29, 0.717) is 17.5 Å². The second-order valence-corrected chi connectivity index (χ2v) is 5.65. The minimum atomic E-state index is -2.70. The Morgan fingerprint density at radius 1 is 1.42 bits per heavy atom. The van der Waals surface area contributed by atoms with Crippen LogP contribution >= 0.6 is 12.4 Å². The molecule has 0 radical (unpaired) electrons. The van der Waals surface area contributed by atoms with E-state index in [1.807, 2.05) is 13.8 Å². The van der Waals surface area contributed by atoms with Crippen molar-refractivity contribution in [1.29, 1.82) is 0 Å². The van der Waals surface area contributed by atoms with Crippen LogP contribution in [0.5, 0.6) is 0 Å². The lowest BCUT2D eigenvalue weighted by Crippen LogP contribution is -2.35. The third-order valence-corrected chi connectivity index (χ3v) is 3.57. The highest BCUT2D eigenvalue weighted by molar-refractivity contribution is 7.91. The van der Waals surface area contributed by atoms with Crippen LogP contribution in [-0.4, -0.2) is 32.0 Å². The Kier molecular flexibility index (Phi) is 4.51. The first-order valence-electron chi connectivity index (χ1n) is 3.96. The molecule has 1 heterocycles. The number of nitrogens with one attached hydrogen (secondary N) is 1. The second kappa shape index (κ2) is 4.44. The molecule has 0 amide bonds. The van der Waals surface area contributed by atoms with E-state index in [0.717, 1.165) is 6.42 Å². The number of rotatable bonds is 2. The molecule has 0 aromatic rings. The van der Waals surface area contributed by atoms with Crippen LogP contribution in [0.2, 0.25) is 0 Å². The van der Waals surface area contributed by atoms with Crippen molar-refractivity contribution in [3.63, 3.8) is 0 Å². The Morgan fingerprint density at radius 3 is 2.33 bits per heavy atom. The maximum absolute atomic E-state index is 11.0. The molecule has 0 aromatic carbocycles. The van der Waals surface area contributed by atoms with Gasteiger partial charge in [-0.15, -0.1) is 12.4 Å². The van der Waals surface area contributed by atoms with Crippen molar-refractivity contribution in [2.24, 2.45) is 0 Å². The van der Waals surface area contributed by atoms with Crippen LogP contribution in [0, 0.1) is 0 Å². The Labute approximate surface area is 80.3 Å². The molecule has 1 unspecified atom stereocenters. The standard InChI is InChI=1S/C7H15NO2S.ClH/c1-6(2)8-7-3-4-11(9,10)5-7;/h6-8H,3-5H2,1-2H3;1H. The third kappa shape index (κ3) is 3.74. The molecule has 0 saturated carbocycles. The maximum atomic E-state index is 11.0. The third-order valence-electron chi connectivity index (χ3n) is 1.80. The monoisotopic (exact) mass is 213 g/mol. The first-order chi connectivity index (χ1) is 4.99. The van der Waals surface area contributed by atoms with Gasteiger partial charge in [-0.25, -0.2) is 8.42 Å². The van der Waals surface area contributed by atoms with E-state index in [9.17, 15) is 8.42 Å². The Balaban J connectivity index is 0.00000121. The van der Waals surface area contributed by atoms with Crippen LogP contribution in [0.1, 0.15) is 20.3 Å². The van der Waals surface area contributed by atoms with Crippen molar-refractivity contribution in [3.05, 3.63) is 0 Å². The largest absolute Gasteiger partial charge is 0.311 e. The van der Waals surface area contributed by atoms with Crippen LogP contribution in [0.4, 0.5) is 0 Å². The van der Waals surface area contributed by atoms with Gasteiger partial charge in [-0.1, -0.05) is 13.8 Å². The molecule has 1 atom stereocenters. The van der Waals surface area contributed by atoms with Gasteiger partial charge in [-0.3, -0.25) is 0 Å². The Hall–Kier alpha value is 0.200. The minimum Gasteiger partial charge on any atom is -0.311 e. The quantitative estimate of drug-likeness (QED) is 0.731. The van der Waals surface area contributed by atoms with Gasteiger partial charge in [0.1, 0.15) is 0 Å². The molecule has 74 valence electrons. The normalized spacial score (nSPS) is 27.1. The summed E-state index contributed by atoms with van der Waals surface area (Å²) in [5.74, 6) is 0.683. The van der Waals surface area contributed by atoms with Gasteiger partial charge in [0.15, 0.2) is 9.84 Å². The summed E-state index contributed by atoms with van der Waals surface area (Å²) < 4.78 is 22.0. The van der Waals surface area contributed by atoms with E-state index >= 15 is 0 Å². The summed E-state index contributed by atoms with van der Waals surface area (Å²) in [6, 6.07) is 0.577. The van der Waals surface area contributed by atoms with Crippen molar-refractivity contribution < 1.29 is 8.42 Å². The van der Waals surface area contributed by atoms with Crippen molar-refractivity contribution in [2.45, 2.75) is 32.4 Å². The molecule has 0 aliphatic carbocycles. The highest BCUT2D eigenvalue weighted by Crippen LogP contribution is 2.11. The smallest absolute Gasteiger partial charge is 0.151 e. The van der Waals surface area contributed by atoms with Crippen LogP contribution in [-0.2, 0) is 9.84 Å². The van der Waals surface area contributed by atoms with E-state index in [-0.39, 0.29) is 18.4 Å². The molecule has 1 saturated heterocycles. The van der Waals surface area contributed by atoms with Crippen LogP contribution in [0.3, 0.4) is 0 Å². The first kappa shape index (κ1) is 12.2. The van der Waals surface area contributed by atoms with Crippen LogP contribution in [0.25, 0.3) is 0 Å². The van der Waals surface area contributed by atoms with Crippen molar-refractivity contribution in [1.82, 2.24) is 5.32 Å². The van der Waals surface area contributed by atoms with E-state index in [1.54, 1.807) is 0 Å². The summed E-state index contributed by atoms with van der Waals surface area (Å²) in [7, 11) is -2.70. The zero-order chi connectivity index (χ0) is 8.48. The van der Waals surface area contributed by atoms with Gasteiger partial charge in [-0.2, -0.15) is 0 Å². The van der Waals surface area contributed by atoms with E-state index in [2.05, 4.69) is 5.32 Å². The first-order valence-corrected chi connectivity index (χ1v) is 5.78. The molecule has 0 spiro atoms. The molecule has 12 heavy (non-hydrogen) atoms. The van der Waals surface area contributed by atoms with E-state index in [1.165, 1.54) is 0 Å². The predicted molar refractivity (Wildman–Crippen MR) is 52.6 cm³/mol. The zero-order valence-corrected chi connectivity index (χ0v) is 9.04. The highest BCUT2D eigenvalue weighted by Gasteiger charge is 2.27. The number of hydrogen-bond acceptors (Lipinski definition) is 3. The van der Waals surface area contributed by atoms with Gasteiger partial charge in [0.25, 0.3) is 0 Å². The fraction of sp³-hybridized carbons (Fsp3) is 1.00. The molecule has 0 bridgehead atoms. The van der Waals surface area contributed by atoms with E-state index < -0.39 is 9.84 Å². The summed E-state index contributed by atoms with van der Waals surface area (Å²) in [4.78, 5) is 0. The second-order valence-electron chi connectivity index (χ2n) is 3.42. The molecule has 1 aliphatic rings. The molecular formula is C7H16ClNO2S. The number of halogens is 1. The average molecular weight is 214 g/mol. The van der Waals surface area contributed by atoms with Gasteiger partial charge in [-0.05, 0) is 6.42 Å². The zero-order valence-electron chi connectivity index (χ0n) is 7.41. The molecule has 1 aliphatic heterocycles. The van der Waals surface area contributed by atoms with Gasteiger partial charge >= 0.3 is 0 Å². The summed E-state index contributed by atoms with van der Waals surface area (Å²) in [6.07, 6.45) is 0.778. The molecule has 5 heteroatoms. The van der Waals surface area contributed by atoms with Crippen molar-refractivity contribution in [2.75, 3.05) is 11.5 Å². The van der Waals surface area contributed by atoms with Gasteiger partial charge in [0, 0.05) is 12.1 Å². The lowest BCUT2D eigenvalue weighted by atomic mass is 10.2. The molecule has 1 fully saturated rings. The van der Waals surface area contributed by atoms with Crippen molar-refractivity contribution >= 4 is 22.2 Å². The van der Waals surface area contributed by atoms with E-state index in [4.69, 9.17) is 0 Å². The van der Waals surface area contributed by atoms with Gasteiger partial charge in [0.2, 0.25) is 0 Å². The van der Waals surface area contributed by atoms with Crippen LogP contribution in [0.15, 0.2) is 0 Å². The average Bonchev–Trinajstić information content (AvgIpc) is 2.08. The fourth-order valence-electron chi connectivity index (χ4n) is 1.40. The topological polar surface area (TPSA) is 46.2 Å². The molecule has 0 aromatic heterocycles. The Bertz CT molecular complexity index is 226. The minimum absolute atomic E-state index is 0. The highest BCUT2D eigenvalue weighted by atomic mass is 35.5. The van der Waals surface area contributed by atoms with Crippen LogP contribution < -0.4 is 5.32 Å². The molecule has 1 rings (SSSR count). The molecular weight excluding hydrogens is 198 g/mol. The summed E-state index contributed by atoms with van der Waals surface area (Å²) in [5.41, 5.74) is 0. The summed E-state index contributed by atoms with van der Waals surface area (Å²) in [6.45, 7) is 4.07. The lowest BCUT2D eigenvalue weighted by Gasteiger charge is -2.13. The van der Waals surface area contributed by atoms with Crippen molar-refractivity contribution in [3.8, 4) is 0 Å². The number of hydrogen-bond donors (Lipinski definition) is 1. The summed E-state index contributed by atoms with van der Waals surface area (Å²) in [5, 5.41) is 3.22. The lowest BCUT2D eigenvalue weighted by molar-refractivity contribution is 0.495. The maximum Gasteiger partial charge on any atom is 0.151 e. The number of sulfone groups is 1. The SMILES string of the molecule is CC(C)NC1CCS(=O)(=O)C1.Cl. The molecule has 1 N–H and O–H groups in total. The molecule has 3 nitrogen and oxygen atoms in total. The van der Waals surface area contributed by atoms with Gasteiger partial charge < -0.3 is 5.32 Å². The van der Waals surface area contributed by atoms with Gasteiger partial charge in [0.05, 0.1) is 11.5 Å². The fourth-order valence-corrected chi connectivity index (χ4v) is 3.08. The predicted octanol–water partition coefficient (Wildman–Crippen LogP) is 0.593.